The van der Waals surface area contributed by atoms with Gasteiger partial charge in [0, 0.05) is 38.1 Å². The number of carbonyl (C=O) groups is 1. The summed E-state index contributed by atoms with van der Waals surface area (Å²) >= 11 is 0. The van der Waals surface area contributed by atoms with E-state index in [0.717, 1.165) is 31.5 Å². The van der Waals surface area contributed by atoms with Gasteiger partial charge in [0.2, 0.25) is 0 Å². The van der Waals surface area contributed by atoms with E-state index in [4.69, 9.17) is 0 Å². The van der Waals surface area contributed by atoms with Crippen LogP contribution in [0.15, 0.2) is 36.9 Å². The number of anilines is 1. The number of rotatable bonds is 4. The zero-order valence-corrected chi connectivity index (χ0v) is 13.1. The first kappa shape index (κ1) is 15.4. The summed E-state index contributed by atoms with van der Waals surface area (Å²) in [7, 11) is 0. The van der Waals surface area contributed by atoms with E-state index < -0.39 is 0 Å². The molecule has 23 heavy (non-hydrogen) atoms. The molecule has 0 aromatic carbocycles. The monoisotopic (exact) mass is 311 g/mol. The minimum Gasteiger partial charge on any atom is -0.366 e. The summed E-state index contributed by atoms with van der Waals surface area (Å²) in [5, 5.41) is 3.21. The van der Waals surface area contributed by atoms with E-state index in [1.807, 2.05) is 17.0 Å². The molecule has 2 aromatic heterocycles. The van der Waals surface area contributed by atoms with Crippen molar-refractivity contribution in [2.24, 2.45) is 0 Å². The van der Waals surface area contributed by atoms with Crippen LogP contribution in [-0.2, 0) is 6.54 Å². The highest BCUT2D eigenvalue weighted by atomic mass is 16.2. The number of pyridine rings is 1. The molecule has 6 heteroatoms. The van der Waals surface area contributed by atoms with Crippen LogP contribution in [0.5, 0.6) is 0 Å². The molecule has 0 bridgehead atoms. The first-order valence-corrected chi connectivity index (χ1v) is 8.07. The molecule has 0 radical (unpaired) electrons. The van der Waals surface area contributed by atoms with Crippen molar-refractivity contribution in [1.82, 2.24) is 19.9 Å². The molecule has 1 aliphatic rings. The second kappa shape index (κ2) is 7.67. The summed E-state index contributed by atoms with van der Waals surface area (Å²) < 4.78 is 0. The van der Waals surface area contributed by atoms with Gasteiger partial charge in [-0.25, -0.2) is 9.97 Å². The largest absolute Gasteiger partial charge is 0.366 e. The minimum atomic E-state index is -0.00118. The van der Waals surface area contributed by atoms with Crippen molar-refractivity contribution in [2.45, 2.75) is 32.2 Å². The molecule has 3 rings (SSSR count). The quantitative estimate of drug-likeness (QED) is 0.939. The van der Waals surface area contributed by atoms with E-state index in [-0.39, 0.29) is 5.91 Å². The van der Waals surface area contributed by atoms with Crippen molar-refractivity contribution in [3.8, 4) is 0 Å². The fraction of sp³-hybridized carbons (Fsp3) is 0.412. The van der Waals surface area contributed by atoms with Gasteiger partial charge in [-0.15, -0.1) is 0 Å². The Kier molecular flexibility index (Phi) is 5.13. The molecule has 1 amide bonds. The highest BCUT2D eigenvalue weighted by Crippen LogP contribution is 2.14. The molecule has 2 aromatic rings. The predicted octanol–water partition coefficient (Wildman–Crippen LogP) is 2.50. The Hall–Kier alpha value is -2.50. The number of likely N-dealkylation sites (tertiary alicyclic amines) is 1. The molecule has 0 atom stereocenters. The Morgan fingerprint density at radius 3 is 2.74 bits per heavy atom. The molecule has 1 saturated heterocycles. The van der Waals surface area contributed by atoms with Crippen molar-refractivity contribution < 1.29 is 4.79 Å². The van der Waals surface area contributed by atoms with E-state index in [2.05, 4.69) is 20.3 Å². The highest BCUT2D eigenvalue weighted by molar-refractivity contribution is 5.92. The van der Waals surface area contributed by atoms with Gasteiger partial charge in [-0.3, -0.25) is 9.78 Å². The zero-order chi connectivity index (χ0) is 15.9. The first-order chi connectivity index (χ1) is 11.3. The number of hydrogen-bond donors (Lipinski definition) is 1. The average Bonchev–Trinajstić information content (AvgIpc) is 2.90. The van der Waals surface area contributed by atoms with Gasteiger partial charge < -0.3 is 10.2 Å². The van der Waals surface area contributed by atoms with E-state index in [1.165, 1.54) is 19.2 Å². The molecular weight excluding hydrogens is 290 g/mol. The number of carbonyl (C=O) groups excluding carboxylic acids is 1. The van der Waals surface area contributed by atoms with Crippen LogP contribution in [0.2, 0.25) is 0 Å². The molecule has 1 fully saturated rings. The smallest absolute Gasteiger partial charge is 0.272 e. The number of aromatic nitrogens is 3. The summed E-state index contributed by atoms with van der Waals surface area (Å²) in [6.07, 6.45) is 9.53. The topological polar surface area (TPSA) is 71.0 Å². The number of nitrogens with one attached hydrogen (secondary N) is 1. The van der Waals surface area contributed by atoms with Crippen LogP contribution in [0.25, 0.3) is 0 Å². The fourth-order valence-electron chi connectivity index (χ4n) is 2.70. The van der Waals surface area contributed by atoms with Gasteiger partial charge in [0.1, 0.15) is 17.8 Å². The fourth-order valence-corrected chi connectivity index (χ4v) is 2.70. The Morgan fingerprint density at radius 2 is 2.00 bits per heavy atom. The van der Waals surface area contributed by atoms with Crippen LogP contribution >= 0.6 is 0 Å². The molecule has 3 heterocycles. The third-order valence-electron chi connectivity index (χ3n) is 3.98. The van der Waals surface area contributed by atoms with Crippen molar-refractivity contribution in [1.29, 1.82) is 0 Å². The molecule has 6 nitrogen and oxygen atoms in total. The lowest BCUT2D eigenvalue weighted by atomic mass is 10.2. The summed E-state index contributed by atoms with van der Waals surface area (Å²) in [5.74, 6) is 0.653. The summed E-state index contributed by atoms with van der Waals surface area (Å²) in [5.41, 5.74) is 1.52. The maximum Gasteiger partial charge on any atom is 0.272 e. The average molecular weight is 311 g/mol. The van der Waals surface area contributed by atoms with Crippen LogP contribution in [0, 0.1) is 0 Å². The summed E-state index contributed by atoms with van der Waals surface area (Å²) in [6, 6.07) is 5.61. The molecule has 0 aliphatic carbocycles. The lowest BCUT2D eigenvalue weighted by molar-refractivity contribution is 0.0755. The first-order valence-electron chi connectivity index (χ1n) is 8.07. The molecule has 1 aliphatic heterocycles. The van der Waals surface area contributed by atoms with Gasteiger partial charge in [-0.2, -0.15) is 0 Å². The maximum atomic E-state index is 12.6. The van der Waals surface area contributed by atoms with Crippen molar-refractivity contribution >= 4 is 11.7 Å². The van der Waals surface area contributed by atoms with Crippen molar-refractivity contribution in [3.05, 3.63) is 48.2 Å². The molecule has 120 valence electrons. The number of amides is 1. The van der Waals surface area contributed by atoms with Gasteiger partial charge in [0.05, 0.1) is 0 Å². The van der Waals surface area contributed by atoms with Crippen LogP contribution < -0.4 is 5.32 Å². The zero-order valence-electron chi connectivity index (χ0n) is 13.1. The second-order valence-corrected chi connectivity index (χ2v) is 5.71. The normalized spacial score (nSPS) is 15.0. The van der Waals surface area contributed by atoms with Crippen molar-refractivity contribution in [2.75, 3.05) is 18.4 Å². The van der Waals surface area contributed by atoms with E-state index in [0.29, 0.717) is 18.1 Å². The Labute approximate surface area is 136 Å². The van der Waals surface area contributed by atoms with E-state index >= 15 is 0 Å². The Balaban J connectivity index is 1.65. The van der Waals surface area contributed by atoms with Crippen LogP contribution in [0.1, 0.15) is 41.7 Å². The third kappa shape index (κ3) is 4.25. The number of nitrogens with zero attached hydrogens (tertiary/aromatic N) is 4. The van der Waals surface area contributed by atoms with Crippen LogP contribution in [0.4, 0.5) is 5.82 Å². The van der Waals surface area contributed by atoms with Crippen LogP contribution in [0.3, 0.4) is 0 Å². The summed E-state index contributed by atoms with van der Waals surface area (Å²) in [6.45, 7) is 2.25. The Bertz CT molecular complexity index is 638. The molecule has 1 N–H and O–H groups in total. The predicted molar refractivity (Wildman–Crippen MR) is 88.0 cm³/mol. The van der Waals surface area contributed by atoms with Gasteiger partial charge >= 0.3 is 0 Å². The van der Waals surface area contributed by atoms with Gasteiger partial charge in [-0.1, -0.05) is 18.9 Å². The minimum absolute atomic E-state index is 0.00118. The SMILES string of the molecule is O=C(c1cc(NCc2cccnc2)ncn1)N1CCCCCC1. The molecule has 0 unspecified atom stereocenters. The number of hydrogen-bond acceptors (Lipinski definition) is 5. The highest BCUT2D eigenvalue weighted by Gasteiger charge is 2.18. The Morgan fingerprint density at radius 1 is 1.17 bits per heavy atom. The van der Waals surface area contributed by atoms with Crippen molar-refractivity contribution in [3.63, 3.8) is 0 Å². The molecule has 0 saturated carbocycles. The maximum absolute atomic E-state index is 12.6. The third-order valence-corrected chi connectivity index (χ3v) is 3.98. The molecule has 0 spiro atoms. The van der Waals surface area contributed by atoms with Gasteiger partial charge in [0.25, 0.3) is 5.91 Å². The lowest BCUT2D eigenvalue weighted by Crippen LogP contribution is -2.32. The van der Waals surface area contributed by atoms with Gasteiger partial charge in [0.15, 0.2) is 0 Å². The second-order valence-electron chi connectivity index (χ2n) is 5.71. The van der Waals surface area contributed by atoms with Gasteiger partial charge in [-0.05, 0) is 24.5 Å². The van der Waals surface area contributed by atoms with E-state index in [9.17, 15) is 4.79 Å². The summed E-state index contributed by atoms with van der Waals surface area (Å²) in [4.78, 5) is 26.9. The van der Waals surface area contributed by atoms with Crippen LogP contribution in [-0.4, -0.2) is 38.8 Å². The standard InChI is InChI=1S/C17H21N5O/c23-17(22-8-3-1-2-4-9-22)15-10-16(21-13-20-15)19-12-14-6-5-7-18-11-14/h5-7,10-11,13H,1-4,8-9,12H2,(H,19,20,21). The van der Waals surface area contributed by atoms with E-state index in [1.54, 1.807) is 18.5 Å². The molecular formula is C17H21N5O. The lowest BCUT2D eigenvalue weighted by Gasteiger charge is -2.19.